The third-order valence-electron chi connectivity index (χ3n) is 8.53. The smallest absolute Gasteiger partial charge is 0.383 e. The van der Waals surface area contributed by atoms with Crippen LogP contribution >= 0.6 is 0 Å². The van der Waals surface area contributed by atoms with E-state index in [0.717, 1.165) is 17.1 Å². The monoisotopic (exact) mass is 693 g/mol. The fraction of sp³-hybridized carbons (Fsp3) is 0.353. The van der Waals surface area contributed by atoms with Crippen molar-refractivity contribution in [2.45, 2.75) is 64.1 Å². The van der Waals surface area contributed by atoms with Crippen molar-refractivity contribution in [1.29, 1.82) is 10.5 Å². The van der Waals surface area contributed by atoms with Gasteiger partial charge in [0.25, 0.3) is 5.56 Å². The van der Waals surface area contributed by atoms with E-state index < -0.39 is 36.0 Å². The van der Waals surface area contributed by atoms with Gasteiger partial charge >= 0.3 is 12.4 Å². The van der Waals surface area contributed by atoms with Gasteiger partial charge in [-0.25, -0.2) is 4.68 Å². The number of hydrogen-bond donors (Lipinski definition) is 2. The fourth-order valence-electron chi connectivity index (χ4n) is 5.87. The molecule has 0 saturated heterocycles. The van der Waals surface area contributed by atoms with Gasteiger partial charge in [-0.15, -0.1) is 5.10 Å². The third kappa shape index (κ3) is 6.41. The van der Waals surface area contributed by atoms with E-state index in [1.54, 1.807) is 12.1 Å². The van der Waals surface area contributed by atoms with Crippen LogP contribution in [0.25, 0.3) is 21.7 Å². The summed E-state index contributed by atoms with van der Waals surface area (Å²) in [5.41, 5.74) is -1.68. The standard InChI is InChI=1S/C34H29F6N9O/c1-31(2,3)17-44-28-20(14-42)15-43-27-19(13-41)11-21(12-25(27)28)45-29(26-16-49(47-46-26)32(8-9-32)34(38,39)40)23-5-4-6-24-22(23)7-10-48(30(24)50)18-33(35,36)37/h4-7,10-12,15-16,29,45H,8-9,17-18H2,1-3H3,(H,43,44)/t29-/m0/s1. The predicted octanol–water partition coefficient (Wildman–Crippen LogP) is 7.16. The molecule has 1 aliphatic carbocycles. The fourth-order valence-corrected chi connectivity index (χ4v) is 5.87. The van der Waals surface area contributed by atoms with Gasteiger partial charge in [0.1, 0.15) is 24.4 Å². The molecule has 10 nitrogen and oxygen atoms in total. The Balaban J connectivity index is 1.54. The minimum atomic E-state index is -4.66. The van der Waals surface area contributed by atoms with Crippen LogP contribution in [-0.4, -0.2) is 43.4 Å². The number of halogens is 6. The van der Waals surface area contributed by atoms with E-state index in [4.69, 9.17) is 0 Å². The first-order valence-electron chi connectivity index (χ1n) is 15.4. The number of alkyl halides is 6. The van der Waals surface area contributed by atoms with Crippen LogP contribution in [0.2, 0.25) is 0 Å². The van der Waals surface area contributed by atoms with Gasteiger partial charge in [0.05, 0.1) is 34.6 Å². The van der Waals surface area contributed by atoms with Crippen molar-refractivity contribution < 1.29 is 26.3 Å². The van der Waals surface area contributed by atoms with Crippen LogP contribution < -0.4 is 16.2 Å². The number of anilines is 2. The SMILES string of the molecule is CC(C)(C)CNc1c(C#N)cnc2c(C#N)cc(N[C@H](c3cn(C4(C(F)(F)F)CC4)nn3)c3cccc4c(=O)n(CC(F)(F)F)ccc34)cc12. The second kappa shape index (κ2) is 12.0. The molecule has 2 aromatic carbocycles. The third-order valence-corrected chi connectivity index (χ3v) is 8.53. The van der Waals surface area contributed by atoms with E-state index >= 15 is 0 Å². The molecule has 16 heteroatoms. The van der Waals surface area contributed by atoms with E-state index in [2.05, 4.69) is 38.1 Å². The highest BCUT2D eigenvalue weighted by atomic mass is 19.4. The highest BCUT2D eigenvalue weighted by Gasteiger charge is 2.66. The van der Waals surface area contributed by atoms with Crippen LogP contribution in [-0.2, 0) is 12.1 Å². The Morgan fingerprint density at radius 2 is 1.70 bits per heavy atom. The summed E-state index contributed by atoms with van der Waals surface area (Å²) in [6.07, 6.45) is -6.14. The van der Waals surface area contributed by atoms with Crippen molar-refractivity contribution in [1.82, 2.24) is 24.5 Å². The predicted molar refractivity (Wildman–Crippen MR) is 172 cm³/mol. The Morgan fingerprint density at radius 3 is 2.32 bits per heavy atom. The van der Waals surface area contributed by atoms with Crippen molar-refractivity contribution in [3.05, 3.63) is 87.7 Å². The van der Waals surface area contributed by atoms with Gasteiger partial charge in [-0.3, -0.25) is 9.78 Å². The number of nitrogens with zero attached hydrogens (tertiary/aromatic N) is 7. The van der Waals surface area contributed by atoms with Crippen molar-refractivity contribution in [3.8, 4) is 12.1 Å². The van der Waals surface area contributed by atoms with Crippen molar-refractivity contribution in [3.63, 3.8) is 0 Å². The molecule has 1 aliphatic rings. The summed E-state index contributed by atoms with van der Waals surface area (Å²) in [6, 6.07) is 11.9. The number of hydrogen-bond acceptors (Lipinski definition) is 8. The maximum atomic E-state index is 14.1. The summed E-state index contributed by atoms with van der Waals surface area (Å²) in [6.45, 7) is 4.92. The molecule has 0 aliphatic heterocycles. The summed E-state index contributed by atoms with van der Waals surface area (Å²) in [5, 5.41) is 35.0. The average Bonchev–Trinajstić information content (AvgIpc) is 3.73. The van der Waals surface area contributed by atoms with Gasteiger partial charge in [-0.2, -0.15) is 36.9 Å². The van der Waals surface area contributed by atoms with Gasteiger partial charge in [0.2, 0.25) is 0 Å². The Labute approximate surface area is 280 Å². The molecule has 50 heavy (non-hydrogen) atoms. The minimum absolute atomic E-state index is 0.0149. The van der Waals surface area contributed by atoms with Crippen molar-refractivity contribution in [2.75, 3.05) is 17.2 Å². The molecular formula is C34H29F6N9O. The maximum absolute atomic E-state index is 14.1. The lowest BCUT2D eigenvalue weighted by atomic mass is 9.96. The average molecular weight is 694 g/mol. The van der Waals surface area contributed by atoms with Gasteiger partial charge < -0.3 is 15.2 Å². The molecule has 2 N–H and O–H groups in total. The number of pyridine rings is 2. The van der Waals surface area contributed by atoms with E-state index in [-0.39, 0.29) is 51.5 Å². The van der Waals surface area contributed by atoms with Crippen LogP contribution in [0.15, 0.2) is 59.8 Å². The quantitative estimate of drug-likeness (QED) is 0.164. The number of rotatable bonds is 8. The molecule has 0 spiro atoms. The lowest BCUT2D eigenvalue weighted by Crippen LogP contribution is -2.35. The molecule has 0 bridgehead atoms. The molecule has 3 aromatic heterocycles. The molecule has 0 unspecified atom stereocenters. The van der Waals surface area contributed by atoms with Gasteiger partial charge in [-0.1, -0.05) is 38.1 Å². The lowest BCUT2D eigenvalue weighted by molar-refractivity contribution is -0.183. The molecule has 6 rings (SSSR count). The summed E-state index contributed by atoms with van der Waals surface area (Å²) in [5.74, 6) is 0. The molecule has 0 amide bonds. The number of benzene rings is 2. The molecular weight excluding hydrogens is 664 g/mol. The van der Waals surface area contributed by atoms with E-state index in [1.807, 2.05) is 20.8 Å². The Morgan fingerprint density at radius 1 is 0.980 bits per heavy atom. The Kier molecular flexibility index (Phi) is 8.25. The van der Waals surface area contributed by atoms with Crippen LogP contribution in [0.5, 0.6) is 0 Å². The van der Waals surface area contributed by atoms with Crippen LogP contribution in [0, 0.1) is 28.1 Å². The largest absolute Gasteiger partial charge is 0.413 e. The Bertz CT molecular complexity index is 2270. The summed E-state index contributed by atoms with van der Waals surface area (Å²) < 4.78 is 83.1. The van der Waals surface area contributed by atoms with Crippen LogP contribution in [0.1, 0.15) is 62.0 Å². The van der Waals surface area contributed by atoms with Crippen molar-refractivity contribution in [2.24, 2.45) is 5.41 Å². The number of nitrogens with one attached hydrogen (secondary N) is 2. The van der Waals surface area contributed by atoms with E-state index in [9.17, 15) is 41.7 Å². The first-order chi connectivity index (χ1) is 23.4. The molecule has 5 aromatic rings. The molecule has 0 radical (unpaired) electrons. The van der Waals surface area contributed by atoms with Gasteiger partial charge in [0, 0.05) is 35.4 Å². The van der Waals surface area contributed by atoms with Gasteiger partial charge in [0.15, 0.2) is 5.54 Å². The van der Waals surface area contributed by atoms with Crippen molar-refractivity contribution >= 4 is 33.1 Å². The lowest BCUT2D eigenvalue weighted by Gasteiger charge is -2.23. The molecule has 1 atom stereocenters. The highest BCUT2D eigenvalue weighted by molar-refractivity contribution is 5.99. The minimum Gasteiger partial charge on any atom is -0.383 e. The zero-order valence-electron chi connectivity index (χ0n) is 26.9. The van der Waals surface area contributed by atoms with E-state index in [1.165, 1.54) is 30.5 Å². The number of nitriles is 2. The topological polar surface area (TPSA) is 137 Å². The van der Waals surface area contributed by atoms with Crippen LogP contribution in [0.4, 0.5) is 37.7 Å². The Hall–Kier alpha value is -5.64. The van der Waals surface area contributed by atoms with E-state index in [0.29, 0.717) is 33.3 Å². The molecule has 1 saturated carbocycles. The zero-order valence-corrected chi connectivity index (χ0v) is 26.9. The second-order valence-electron chi connectivity index (χ2n) is 13.5. The van der Waals surface area contributed by atoms with Crippen LogP contribution in [0.3, 0.4) is 0 Å². The second-order valence-corrected chi connectivity index (χ2v) is 13.5. The first-order valence-corrected chi connectivity index (χ1v) is 15.4. The molecule has 258 valence electrons. The highest BCUT2D eigenvalue weighted by Crippen LogP contribution is 2.55. The summed E-state index contributed by atoms with van der Waals surface area (Å²) in [7, 11) is 0. The molecule has 3 heterocycles. The number of aromatic nitrogens is 5. The van der Waals surface area contributed by atoms with Gasteiger partial charge in [-0.05, 0) is 53.5 Å². The molecule has 1 fully saturated rings. The first kappa shape index (κ1) is 34.2. The summed E-state index contributed by atoms with van der Waals surface area (Å²) >= 11 is 0. The number of fused-ring (bicyclic) bond motifs is 2. The zero-order chi connectivity index (χ0) is 36.2. The normalized spacial score (nSPS) is 15.0. The summed E-state index contributed by atoms with van der Waals surface area (Å²) in [4.78, 5) is 17.5. The maximum Gasteiger partial charge on any atom is 0.413 e.